The minimum absolute atomic E-state index is 0.502. The number of aromatic nitrogens is 2. The molecule has 0 spiro atoms. The number of carbonyl (C=O) groups is 1. The van der Waals surface area contributed by atoms with E-state index in [4.69, 9.17) is 0 Å². The van der Waals surface area contributed by atoms with Gasteiger partial charge in [-0.2, -0.15) is 5.10 Å². The third-order valence-electron chi connectivity index (χ3n) is 4.49. The first kappa shape index (κ1) is 16.0. The summed E-state index contributed by atoms with van der Waals surface area (Å²) in [6.07, 6.45) is 9.80. The molecule has 1 saturated carbocycles. The van der Waals surface area contributed by atoms with E-state index in [1.807, 2.05) is 19.2 Å². The molecule has 21 heavy (non-hydrogen) atoms. The number of nitrogens with one attached hydrogen (secondary N) is 1. The third kappa shape index (κ3) is 4.06. The average Bonchev–Trinajstić information content (AvgIpc) is 2.95. The second kappa shape index (κ2) is 7.07. The third-order valence-corrected chi connectivity index (χ3v) is 4.49. The molecule has 1 unspecified atom stereocenters. The predicted molar refractivity (Wildman–Crippen MR) is 82.1 cm³/mol. The van der Waals surface area contributed by atoms with E-state index in [9.17, 15) is 9.90 Å². The van der Waals surface area contributed by atoms with Gasteiger partial charge in [0.05, 0.1) is 11.7 Å². The fraction of sp³-hybridized carbons (Fsp3) is 0.750. The average molecular weight is 293 g/mol. The smallest absolute Gasteiger partial charge is 0.323 e. The van der Waals surface area contributed by atoms with Crippen LogP contribution in [0.1, 0.15) is 70.5 Å². The van der Waals surface area contributed by atoms with E-state index >= 15 is 0 Å². The van der Waals surface area contributed by atoms with Crippen LogP contribution in [0.2, 0.25) is 0 Å². The number of hydrogen-bond donors (Lipinski definition) is 2. The standard InChI is InChI=1S/C16H27N3O2/c1-3-10-16(2,15(20)21)17-12-13-9-11-19(18-13)14-7-5-4-6-8-14/h9,11,14,17H,3-8,10,12H2,1-2H3,(H,20,21). The Morgan fingerprint density at radius 1 is 1.48 bits per heavy atom. The van der Waals surface area contributed by atoms with Crippen molar-refractivity contribution < 1.29 is 9.90 Å². The van der Waals surface area contributed by atoms with Crippen molar-refractivity contribution in [3.63, 3.8) is 0 Å². The van der Waals surface area contributed by atoms with Crippen LogP contribution in [0.3, 0.4) is 0 Å². The number of hydrogen-bond acceptors (Lipinski definition) is 3. The van der Waals surface area contributed by atoms with Crippen molar-refractivity contribution >= 4 is 5.97 Å². The Bertz CT molecular complexity index is 466. The normalized spacial score (nSPS) is 19.3. The van der Waals surface area contributed by atoms with E-state index in [0.29, 0.717) is 19.0 Å². The summed E-state index contributed by atoms with van der Waals surface area (Å²) < 4.78 is 2.06. The van der Waals surface area contributed by atoms with Crippen molar-refractivity contribution in [2.45, 2.75) is 76.9 Å². The molecule has 1 heterocycles. The summed E-state index contributed by atoms with van der Waals surface area (Å²) in [5, 5.41) is 17.1. The lowest BCUT2D eigenvalue weighted by atomic mass is 9.96. The van der Waals surface area contributed by atoms with Gasteiger partial charge in [-0.3, -0.25) is 14.8 Å². The lowest BCUT2D eigenvalue weighted by molar-refractivity contribution is -0.144. The molecule has 1 atom stereocenters. The Hall–Kier alpha value is -1.36. The van der Waals surface area contributed by atoms with Crippen molar-refractivity contribution in [2.24, 2.45) is 0 Å². The van der Waals surface area contributed by atoms with Crippen molar-refractivity contribution in [3.05, 3.63) is 18.0 Å². The van der Waals surface area contributed by atoms with Crippen molar-refractivity contribution in [3.8, 4) is 0 Å². The van der Waals surface area contributed by atoms with Crippen molar-refractivity contribution in [2.75, 3.05) is 0 Å². The van der Waals surface area contributed by atoms with E-state index in [-0.39, 0.29) is 0 Å². The van der Waals surface area contributed by atoms with Gasteiger partial charge < -0.3 is 5.11 Å². The first-order valence-electron chi connectivity index (χ1n) is 8.07. The Labute approximate surface area is 126 Å². The first-order chi connectivity index (χ1) is 10.0. The van der Waals surface area contributed by atoms with Gasteiger partial charge in [0, 0.05) is 12.7 Å². The summed E-state index contributed by atoms with van der Waals surface area (Å²) in [7, 11) is 0. The highest BCUT2D eigenvalue weighted by molar-refractivity contribution is 5.78. The second-order valence-corrected chi connectivity index (χ2v) is 6.32. The zero-order valence-electron chi connectivity index (χ0n) is 13.1. The van der Waals surface area contributed by atoms with Crippen LogP contribution >= 0.6 is 0 Å². The lowest BCUT2D eigenvalue weighted by Gasteiger charge is -2.25. The van der Waals surface area contributed by atoms with Crippen molar-refractivity contribution in [1.82, 2.24) is 15.1 Å². The molecule has 0 bridgehead atoms. The molecule has 0 aliphatic heterocycles. The molecule has 2 N–H and O–H groups in total. The van der Waals surface area contributed by atoms with Gasteiger partial charge >= 0.3 is 5.97 Å². The molecule has 1 aliphatic carbocycles. The molecular formula is C16H27N3O2. The summed E-state index contributed by atoms with van der Waals surface area (Å²) >= 11 is 0. The van der Waals surface area contributed by atoms with Crippen LogP contribution in [0.15, 0.2) is 12.3 Å². The molecule has 5 heteroatoms. The highest BCUT2D eigenvalue weighted by atomic mass is 16.4. The number of rotatable bonds is 7. The largest absolute Gasteiger partial charge is 0.480 e. The molecule has 1 aromatic heterocycles. The van der Waals surface area contributed by atoms with E-state index in [1.165, 1.54) is 32.1 Å². The van der Waals surface area contributed by atoms with Gasteiger partial charge in [-0.05, 0) is 32.3 Å². The summed E-state index contributed by atoms with van der Waals surface area (Å²) in [6.45, 7) is 4.25. The zero-order valence-corrected chi connectivity index (χ0v) is 13.1. The van der Waals surface area contributed by atoms with Gasteiger partial charge in [0.2, 0.25) is 0 Å². The van der Waals surface area contributed by atoms with Crippen LogP contribution in [0.4, 0.5) is 0 Å². The highest BCUT2D eigenvalue weighted by Crippen LogP contribution is 2.27. The number of aliphatic carboxylic acids is 1. The Morgan fingerprint density at radius 2 is 2.19 bits per heavy atom. The van der Waals surface area contributed by atoms with E-state index < -0.39 is 11.5 Å². The SMILES string of the molecule is CCCC(C)(NCc1ccn(C2CCCCC2)n1)C(=O)O. The molecular weight excluding hydrogens is 266 g/mol. The maximum Gasteiger partial charge on any atom is 0.323 e. The fourth-order valence-electron chi connectivity index (χ4n) is 3.08. The maximum atomic E-state index is 11.4. The summed E-state index contributed by atoms with van der Waals surface area (Å²) in [6, 6.07) is 2.52. The predicted octanol–water partition coefficient (Wildman–Crippen LogP) is 3.12. The number of carboxylic acids is 1. The Morgan fingerprint density at radius 3 is 2.81 bits per heavy atom. The quantitative estimate of drug-likeness (QED) is 0.810. The van der Waals surface area contributed by atoms with E-state index in [0.717, 1.165) is 12.1 Å². The summed E-state index contributed by atoms with van der Waals surface area (Å²) in [4.78, 5) is 11.4. The fourth-order valence-corrected chi connectivity index (χ4v) is 3.08. The molecule has 1 fully saturated rings. The van der Waals surface area contributed by atoms with Gasteiger partial charge in [-0.15, -0.1) is 0 Å². The number of carboxylic acid groups (broad SMARTS) is 1. The minimum Gasteiger partial charge on any atom is -0.480 e. The van der Waals surface area contributed by atoms with E-state index in [1.54, 1.807) is 6.92 Å². The molecule has 1 aliphatic rings. The van der Waals surface area contributed by atoms with E-state index in [2.05, 4.69) is 15.1 Å². The molecule has 118 valence electrons. The van der Waals surface area contributed by atoms with Crippen LogP contribution < -0.4 is 5.32 Å². The second-order valence-electron chi connectivity index (χ2n) is 6.32. The molecule has 0 amide bonds. The lowest BCUT2D eigenvalue weighted by Crippen LogP contribution is -2.49. The molecule has 0 radical (unpaired) electrons. The maximum absolute atomic E-state index is 11.4. The van der Waals surface area contributed by atoms with Gasteiger partial charge in [-0.1, -0.05) is 32.6 Å². The monoisotopic (exact) mass is 293 g/mol. The zero-order chi connectivity index (χ0) is 15.3. The van der Waals surface area contributed by atoms with Crippen LogP contribution in [0.5, 0.6) is 0 Å². The Balaban J connectivity index is 1.94. The molecule has 0 aromatic carbocycles. The van der Waals surface area contributed by atoms with Gasteiger partial charge in [-0.25, -0.2) is 0 Å². The van der Waals surface area contributed by atoms with Gasteiger partial charge in [0.25, 0.3) is 0 Å². The molecule has 1 aromatic rings. The van der Waals surface area contributed by atoms with Crippen LogP contribution in [-0.2, 0) is 11.3 Å². The molecule has 5 nitrogen and oxygen atoms in total. The summed E-state index contributed by atoms with van der Waals surface area (Å²) in [5.74, 6) is -0.795. The van der Waals surface area contributed by atoms with Gasteiger partial charge in [0.1, 0.15) is 5.54 Å². The molecule has 0 saturated heterocycles. The minimum atomic E-state index is -0.872. The number of nitrogens with zero attached hydrogens (tertiary/aromatic N) is 2. The van der Waals surface area contributed by atoms with Gasteiger partial charge in [0.15, 0.2) is 0 Å². The van der Waals surface area contributed by atoms with Crippen LogP contribution in [0, 0.1) is 0 Å². The topological polar surface area (TPSA) is 67.2 Å². The summed E-state index contributed by atoms with van der Waals surface area (Å²) in [5.41, 5.74) is 0.0489. The Kier molecular flexibility index (Phi) is 5.39. The van der Waals surface area contributed by atoms with Crippen LogP contribution in [-0.4, -0.2) is 26.4 Å². The highest BCUT2D eigenvalue weighted by Gasteiger charge is 2.31. The first-order valence-corrected chi connectivity index (χ1v) is 8.07. The van der Waals surface area contributed by atoms with Crippen LogP contribution in [0.25, 0.3) is 0 Å². The molecule has 2 rings (SSSR count). The van der Waals surface area contributed by atoms with Crippen molar-refractivity contribution in [1.29, 1.82) is 0 Å².